The van der Waals surface area contributed by atoms with Gasteiger partial charge < -0.3 is 5.73 Å². The second-order valence-corrected chi connectivity index (χ2v) is 7.02. The van der Waals surface area contributed by atoms with Crippen LogP contribution in [0, 0.1) is 5.92 Å². The molecule has 0 unspecified atom stereocenters. The summed E-state index contributed by atoms with van der Waals surface area (Å²) in [4.78, 5) is 0. The third-order valence-corrected chi connectivity index (χ3v) is 5.03. The van der Waals surface area contributed by atoms with Crippen molar-refractivity contribution in [1.29, 1.82) is 0 Å². The molecule has 0 aromatic rings. The number of thioether (sulfide) groups is 1. The lowest BCUT2D eigenvalue weighted by Crippen LogP contribution is -2.33. The zero-order chi connectivity index (χ0) is 11.1. The van der Waals surface area contributed by atoms with Crippen molar-refractivity contribution in [2.45, 2.75) is 19.3 Å². The Labute approximate surface area is 96.4 Å². The summed E-state index contributed by atoms with van der Waals surface area (Å²) in [5, 5.41) is 0. The Morgan fingerprint density at radius 1 is 1.33 bits per heavy atom. The highest BCUT2D eigenvalue weighted by atomic mass is 32.2. The van der Waals surface area contributed by atoms with Crippen molar-refractivity contribution in [2.24, 2.45) is 11.7 Å². The first-order valence-corrected chi connectivity index (χ1v) is 8.20. The average molecular weight is 252 g/mol. The van der Waals surface area contributed by atoms with Gasteiger partial charge in [0.2, 0.25) is 10.0 Å². The predicted octanol–water partition coefficient (Wildman–Crippen LogP) is 0.398. The van der Waals surface area contributed by atoms with Crippen LogP contribution in [-0.2, 0) is 10.0 Å². The lowest BCUT2D eigenvalue weighted by atomic mass is 10.0. The van der Waals surface area contributed by atoms with E-state index in [2.05, 4.69) is 4.72 Å². The van der Waals surface area contributed by atoms with Crippen LogP contribution in [0.2, 0.25) is 0 Å². The molecule has 4 nitrogen and oxygen atoms in total. The van der Waals surface area contributed by atoms with Crippen LogP contribution < -0.4 is 10.5 Å². The van der Waals surface area contributed by atoms with E-state index in [1.54, 1.807) is 0 Å². The van der Waals surface area contributed by atoms with E-state index in [-0.39, 0.29) is 5.75 Å². The first-order chi connectivity index (χ1) is 7.14. The maximum absolute atomic E-state index is 11.5. The molecule has 1 saturated heterocycles. The molecule has 15 heavy (non-hydrogen) atoms. The van der Waals surface area contributed by atoms with Gasteiger partial charge in [0.05, 0.1) is 5.75 Å². The minimum Gasteiger partial charge on any atom is -0.330 e. The first-order valence-electron chi connectivity index (χ1n) is 5.39. The second-order valence-electron chi connectivity index (χ2n) is 3.87. The van der Waals surface area contributed by atoms with Crippen LogP contribution in [0.4, 0.5) is 0 Å². The van der Waals surface area contributed by atoms with Gasteiger partial charge in [-0.25, -0.2) is 13.1 Å². The van der Waals surface area contributed by atoms with Crippen LogP contribution in [0.5, 0.6) is 0 Å². The maximum atomic E-state index is 11.5. The summed E-state index contributed by atoms with van der Waals surface area (Å²) < 4.78 is 25.6. The van der Waals surface area contributed by atoms with Crippen LogP contribution in [0.15, 0.2) is 0 Å². The lowest BCUT2D eigenvalue weighted by molar-refractivity contribution is 0.476. The maximum Gasteiger partial charge on any atom is 0.211 e. The quantitative estimate of drug-likeness (QED) is 0.717. The minimum atomic E-state index is -3.08. The predicted molar refractivity (Wildman–Crippen MR) is 65.5 cm³/mol. The average Bonchev–Trinajstić information content (AvgIpc) is 2.25. The van der Waals surface area contributed by atoms with Gasteiger partial charge in [-0.1, -0.05) is 0 Å². The van der Waals surface area contributed by atoms with Crippen molar-refractivity contribution < 1.29 is 8.42 Å². The molecule has 90 valence electrons. The van der Waals surface area contributed by atoms with E-state index in [0.29, 0.717) is 25.4 Å². The monoisotopic (exact) mass is 252 g/mol. The molecule has 1 fully saturated rings. The van der Waals surface area contributed by atoms with E-state index >= 15 is 0 Å². The number of nitrogens with one attached hydrogen (secondary N) is 1. The second kappa shape index (κ2) is 6.73. The zero-order valence-corrected chi connectivity index (χ0v) is 10.6. The van der Waals surface area contributed by atoms with Crippen LogP contribution in [0.25, 0.3) is 0 Å². The van der Waals surface area contributed by atoms with Gasteiger partial charge in [0.1, 0.15) is 0 Å². The minimum absolute atomic E-state index is 0.158. The molecule has 0 saturated carbocycles. The molecular formula is C9H20N2O2S2. The number of nitrogens with two attached hydrogens (primary N) is 1. The van der Waals surface area contributed by atoms with E-state index in [9.17, 15) is 8.42 Å². The Morgan fingerprint density at radius 2 is 2.00 bits per heavy atom. The molecule has 1 heterocycles. The summed E-state index contributed by atoms with van der Waals surface area (Å²) in [5.74, 6) is 3.01. The van der Waals surface area contributed by atoms with E-state index in [1.807, 2.05) is 11.8 Å². The summed E-state index contributed by atoms with van der Waals surface area (Å²) in [7, 11) is -3.08. The van der Waals surface area contributed by atoms with E-state index in [1.165, 1.54) is 0 Å². The van der Waals surface area contributed by atoms with E-state index in [0.717, 1.165) is 24.3 Å². The Bertz CT molecular complexity index is 261. The van der Waals surface area contributed by atoms with Crippen LogP contribution in [0.1, 0.15) is 19.3 Å². The standard InChI is InChI=1S/C9H20N2O2S2/c10-4-1-7-15(12,13)11-8-9-2-5-14-6-3-9/h9,11H,1-8,10H2. The van der Waals surface area contributed by atoms with Crippen molar-refractivity contribution in [3.63, 3.8) is 0 Å². The topological polar surface area (TPSA) is 72.2 Å². The summed E-state index contributed by atoms with van der Waals surface area (Å²) >= 11 is 1.95. The molecule has 6 heteroatoms. The third kappa shape index (κ3) is 5.75. The molecule has 0 radical (unpaired) electrons. The molecule has 0 bridgehead atoms. The summed E-state index contributed by atoms with van der Waals surface area (Å²) in [6.45, 7) is 1.04. The van der Waals surface area contributed by atoms with Crippen molar-refractivity contribution in [3.05, 3.63) is 0 Å². The number of hydrogen-bond donors (Lipinski definition) is 2. The fourth-order valence-electron chi connectivity index (χ4n) is 1.54. The summed E-state index contributed by atoms with van der Waals surface area (Å²) in [6, 6.07) is 0. The summed E-state index contributed by atoms with van der Waals surface area (Å²) in [5.41, 5.74) is 5.28. The van der Waals surface area contributed by atoms with Gasteiger partial charge >= 0.3 is 0 Å². The van der Waals surface area contributed by atoms with Crippen LogP contribution in [0.3, 0.4) is 0 Å². The number of rotatable bonds is 6. The molecule has 0 aromatic heterocycles. The summed E-state index contributed by atoms with van der Waals surface area (Å²) in [6.07, 6.45) is 2.80. The van der Waals surface area contributed by atoms with Crippen molar-refractivity contribution in [3.8, 4) is 0 Å². The molecule has 0 aromatic carbocycles. The van der Waals surface area contributed by atoms with Gasteiger partial charge in [-0.05, 0) is 43.2 Å². The number of hydrogen-bond acceptors (Lipinski definition) is 4. The van der Waals surface area contributed by atoms with Gasteiger partial charge in [0.15, 0.2) is 0 Å². The fraction of sp³-hybridized carbons (Fsp3) is 1.00. The molecule has 1 aliphatic rings. The Hall–Kier alpha value is 0.220. The van der Waals surface area contributed by atoms with Gasteiger partial charge in [0, 0.05) is 6.54 Å². The Balaban J connectivity index is 2.22. The highest BCUT2D eigenvalue weighted by Crippen LogP contribution is 2.21. The largest absolute Gasteiger partial charge is 0.330 e. The SMILES string of the molecule is NCCCS(=O)(=O)NCC1CCSCC1. The van der Waals surface area contributed by atoms with Gasteiger partial charge in [-0.2, -0.15) is 11.8 Å². The Morgan fingerprint density at radius 3 is 2.60 bits per heavy atom. The Kier molecular flexibility index (Phi) is 5.96. The van der Waals surface area contributed by atoms with Crippen molar-refractivity contribution in [2.75, 3.05) is 30.3 Å². The fourth-order valence-corrected chi connectivity index (χ4v) is 3.93. The van der Waals surface area contributed by atoms with Crippen molar-refractivity contribution >= 4 is 21.8 Å². The first kappa shape index (κ1) is 13.3. The third-order valence-electron chi connectivity index (χ3n) is 2.55. The van der Waals surface area contributed by atoms with Crippen molar-refractivity contribution in [1.82, 2.24) is 4.72 Å². The lowest BCUT2D eigenvalue weighted by Gasteiger charge is -2.21. The molecule has 0 spiro atoms. The van der Waals surface area contributed by atoms with Gasteiger partial charge in [-0.15, -0.1) is 0 Å². The van der Waals surface area contributed by atoms with E-state index in [4.69, 9.17) is 5.73 Å². The van der Waals surface area contributed by atoms with Gasteiger partial charge in [-0.3, -0.25) is 0 Å². The van der Waals surface area contributed by atoms with E-state index < -0.39 is 10.0 Å². The van der Waals surface area contributed by atoms with Crippen LogP contribution in [-0.4, -0.2) is 38.8 Å². The molecule has 0 aliphatic carbocycles. The highest BCUT2D eigenvalue weighted by Gasteiger charge is 2.16. The molecule has 1 rings (SSSR count). The zero-order valence-electron chi connectivity index (χ0n) is 8.94. The normalized spacial score (nSPS) is 19.3. The van der Waals surface area contributed by atoms with Gasteiger partial charge in [0.25, 0.3) is 0 Å². The molecule has 0 amide bonds. The highest BCUT2D eigenvalue weighted by molar-refractivity contribution is 7.99. The van der Waals surface area contributed by atoms with Crippen LogP contribution >= 0.6 is 11.8 Å². The molecule has 1 aliphatic heterocycles. The molecule has 3 N–H and O–H groups in total. The smallest absolute Gasteiger partial charge is 0.211 e. The molecular weight excluding hydrogens is 232 g/mol. The number of sulfonamides is 1. The molecule has 0 atom stereocenters.